The molecule has 0 saturated carbocycles. The molecular weight excluding hydrogens is 391 g/mol. The van der Waals surface area contributed by atoms with Crippen LogP contribution < -0.4 is 5.32 Å². The van der Waals surface area contributed by atoms with Crippen LogP contribution in [0.15, 0.2) is 72.9 Å². The largest absolute Gasteiger partial charge is 0.416 e. The number of alkyl halides is 3. The molecule has 0 atom stereocenters. The monoisotopic (exact) mass is 409 g/mol. The van der Waals surface area contributed by atoms with Gasteiger partial charge in [0, 0.05) is 18.2 Å². The molecule has 0 bridgehead atoms. The standard InChI is InChI=1S/C23H18F3N3O/c1-15-7-12-20-27-19(13-16-5-3-2-4-6-16)21(29(20)14-15)28-22(30)17-8-10-18(11-9-17)23(24,25)26/h2-12,14H,13H2,1H3,(H,28,30). The van der Waals surface area contributed by atoms with Gasteiger partial charge in [-0.2, -0.15) is 13.2 Å². The average Bonchev–Trinajstić information content (AvgIpc) is 3.04. The molecule has 0 unspecified atom stereocenters. The van der Waals surface area contributed by atoms with Crippen LogP contribution in [0.1, 0.15) is 32.7 Å². The quantitative estimate of drug-likeness (QED) is 0.484. The molecule has 2 heterocycles. The maximum Gasteiger partial charge on any atom is 0.416 e. The number of nitrogens with zero attached hydrogens (tertiary/aromatic N) is 2. The Morgan fingerprint density at radius 2 is 1.70 bits per heavy atom. The van der Waals surface area contributed by atoms with Crippen LogP contribution in [0.3, 0.4) is 0 Å². The van der Waals surface area contributed by atoms with Crippen molar-refractivity contribution < 1.29 is 18.0 Å². The predicted molar refractivity (Wildman–Crippen MR) is 109 cm³/mol. The molecule has 4 nitrogen and oxygen atoms in total. The fourth-order valence-corrected chi connectivity index (χ4v) is 3.23. The van der Waals surface area contributed by atoms with Gasteiger partial charge in [0.25, 0.3) is 5.91 Å². The molecule has 30 heavy (non-hydrogen) atoms. The molecule has 0 spiro atoms. The number of rotatable bonds is 4. The van der Waals surface area contributed by atoms with Gasteiger partial charge in [-0.25, -0.2) is 4.98 Å². The van der Waals surface area contributed by atoms with Crippen LogP contribution >= 0.6 is 0 Å². The van der Waals surface area contributed by atoms with Gasteiger partial charge in [-0.15, -0.1) is 0 Å². The fraction of sp³-hybridized carbons (Fsp3) is 0.130. The fourth-order valence-electron chi connectivity index (χ4n) is 3.23. The Bertz CT molecular complexity index is 1200. The summed E-state index contributed by atoms with van der Waals surface area (Å²) < 4.78 is 40.1. The zero-order valence-electron chi connectivity index (χ0n) is 16.1. The summed E-state index contributed by atoms with van der Waals surface area (Å²) in [5.41, 5.74) is 2.70. The number of fused-ring (bicyclic) bond motifs is 1. The third-order valence-corrected chi connectivity index (χ3v) is 4.76. The average molecular weight is 409 g/mol. The first-order valence-corrected chi connectivity index (χ1v) is 9.31. The first kappa shape index (κ1) is 19.7. The highest BCUT2D eigenvalue weighted by Gasteiger charge is 2.30. The van der Waals surface area contributed by atoms with Crippen molar-refractivity contribution in [2.24, 2.45) is 0 Å². The van der Waals surface area contributed by atoms with E-state index in [1.165, 1.54) is 12.1 Å². The Morgan fingerprint density at radius 1 is 1.00 bits per heavy atom. The molecular formula is C23H18F3N3O. The summed E-state index contributed by atoms with van der Waals surface area (Å²) >= 11 is 0. The number of imidazole rings is 1. The highest BCUT2D eigenvalue weighted by atomic mass is 19.4. The molecule has 4 aromatic rings. The van der Waals surface area contributed by atoms with Crippen molar-refractivity contribution in [2.45, 2.75) is 19.5 Å². The molecule has 0 aliphatic heterocycles. The van der Waals surface area contributed by atoms with Gasteiger partial charge in [-0.3, -0.25) is 9.20 Å². The zero-order valence-corrected chi connectivity index (χ0v) is 16.1. The minimum absolute atomic E-state index is 0.135. The highest BCUT2D eigenvalue weighted by molar-refractivity contribution is 6.04. The van der Waals surface area contributed by atoms with Gasteiger partial charge in [0.1, 0.15) is 11.5 Å². The number of aromatic nitrogens is 2. The van der Waals surface area contributed by atoms with E-state index in [1.54, 1.807) is 4.40 Å². The molecule has 1 amide bonds. The predicted octanol–water partition coefficient (Wildman–Crippen LogP) is 5.50. The van der Waals surface area contributed by atoms with E-state index in [2.05, 4.69) is 10.3 Å². The van der Waals surface area contributed by atoms with Crippen LogP contribution in [0.2, 0.25) is 0 Å². The van der Waals surface area contributed by atoms with E-state index in [0.717, 1.165) is 23.3 Å². The second-order valence-corrected chi connectivity index (χ2v) is 7.03. The number of benzene rings is 2. The Kier molecular flexibility index (Phi) is 5.03. The van der Waals surface area contributed by atoms with E-state index in [1.807, 2.05) is 55.6 Å². The lowest BCUT2D eigenvalue weighted by atomic mass is 10.1. The number of aryl methyl sites for hydroxylation is 1. The van der Waals surface area contributed by atoms with Crippen molar-refractivity contribution in [2.75, 3.05) is 5.32 Å². The van der Waals surface area contributed by atoms with Crippen LogP contribution in [0, 0.1) is 6.92 Å². The summed E-state index contributed by atoms with van der Waals surface area (Å²) in [7, 11) is 0. The zero-order chi connectivity index (χ0) is 21.3. The Balaban J connectivity index is 1.69. The number of pyridine rings is 1. The van der Waals surface area contributed by atoms with Crippen LogP contribution in [0.4, 0.5) is 19.0 Å². The first-order valence-electron chi connectivity index (χ1n) is 9.31. The molecule has 152 valence electrons. The topological polar surface area (TPSA) is 46.4 Å². The Morgan fingerprint density at radius 3 is 2.37 bits per heavy atom. The number of carbonyl (C=O) groups excluding carboxylic acids is 1. The Labute approximate surface area is 171 Å². The number of nitrogens with one attached hydrogen (secondary N) is 1. The van der Waals surface area contributed by atoms with Crippen molar-refractivity contribution in [3.05, 3.63) is 101 Å². The summed E-state index contributed by atoms with van der Waals surface area (Å²) in [6, 6.07) is 17.6. The minimum Gasteiger partial charge on any atom is -0.306 e. The maximum atomic E-state index is 12.8. The van der Waals surface area contributed by atoms with Gasteiger partial charge in [0.2, 0.25) is 0 Å². The normalized spacial score (nSPS) is 11.6. The van der Waals surface area contributed by atoms with Crippen molar-refractivity contribution in [1.29, 1.82) is 0 Å². The van der Waals surface area contributed by atoms with Gasteiger partial charge in [-0.05, 0) is 48.4 Å². The van der Waals surface area contributed by atoms with Crippen LogP contribution in [0.25, 0.3) is 5.65 Å². The van der Waals surface area contributed by atoms with Crippen molar-refractivity contribution >= 4 is 17.4 Å². The van der Waals surface area contributed by atoms with Crippen molar-refractivity contribution in [3.63, 3.8) is 0 Å². The summed E-state index contributed by atoms with van der Waals surface area (Å²) in [5, 5.41) is 2.84. The van der Waals surface area contributed by atoms with Crippen molar-refractivity contribution in [1.82, 2.24) is 9.38 Å². The smallest absolute Gasteiger partial charge is 0.306 e. The van der Waals surface area contributed by atoms with Crippen LogP contribution in [-0.4, -0.2) is 15.3 Å². The molecule has 0 fully saturated rings. The molecule has 0 aliphatic carbocycles. The van der Waals surface area contributed by atoms with E-state index in [0.29, 0.717) is 23.6 Å². The van der Waals surface area contributed by atoms with E-state index in [9.17, 15) is 18.0 Å². The van der Waals surface area contributed by atoms with Gasteiger partial charge < -0.3 is 5.32 Å². The molecule has 2 aromatic carbocycles. The number of anilines is 1. The summed E-state index contributed by atoms with van der Waals surface area (Å²) in [6.45, 7) is 1.93. The van der Waals surface area contributed by atoms with Crippen LogP contribution in [0.5, 0.6) is 0 Å². The van der Waals surface area contributed by atoms with Gasteiger partial charge in [-0.1, -0.05) is 36.4 Å². The molecule has 0 aliphatic rings. The van der Waals surface area contributed by atoms with Gasteiger partial charge in [0.05, 0.1) is 11.3 Å². The number of hydrogen-bond acceptors (Lipinski definition) is 2. The van der Waals surface area contributed by atoms with E-state index >= 15 is 0 Å². The van der Waals surface area contributed by atoms with Gasteiger partial charge in [0.15, 0.2) is 0 Å². The molecule has 4 rings (SSSR count). The number of carbonyl (C=O) groups is 1. The summed E-state index contributed by atoms with van der Waals surface area (Å²) in [5.74, 6) is 0.00351. The maximum absolute atomic E-state index is 12.8. The minimum atomic E-state index is -4.45. The Hall–Kier alpha value is -3.61. The third-order valence-electron chi connectivity index (χ3n) is 4.76. The second kappa shape index (κ2) is 7.67. The number of hydrogen-bond donors (Lipinski definition) is 1. The molecule has 1 N–H and O–H groups in total. The van der Waals surface area contributed by atoms with Crippen molar-refractivity contribution in [3.8, 4) is 0 Å². The summed E-state index contributed by atoms with van der Waals surface area (Å²) in [4.78, 5) is 17.4. The van der Waals surface area contributed by atoms with E-state index < -0.39 is 17.6 Å². The lowest BCUT2D eigenvalue weighted by molar-refractivity contribution is -0.137. The van der Waals surface area contributed by atoms with E-state index in [4.69, 9.17) is 0 Å². The molecule has 0 saturated heterocycles. The first-order chi connectivity index (χ1) is 14.3. The lowest BCUT2D eigenvalue weighted by Gasteiger charge is -2.10. The molecule has 2 aromatic heterocycles. The van der Waals surface area contributed by atoms with Crippen LogP contribution in [-0.2, 0) is 12.6 Å². The third kappa shape index (κ3) is 4.05. The second-order valence-electron chi connectivity index (χ2n) is 7.03. The number of halogens is 3. The molecule has 7 heteroatoms. The number of amides is 1. The highest BCUT2D eigenvalue weighted by Crippen LogP contribution is 2.29. The van der Waals surface area contributed by atoms with Gasteiger partial charge >= 0.3 is 6.18 Å². The molecule has 0 radical (unpaired) electrons. The SMILES string of the molecule is Cc1ccc2nc(Cc3ccccc3)c(NC(=O)c3ccc(C(F)(F)F)cc3)n2c1. The lowest BCUT2D eigenvalue weighted by Crippen LogP contribution is -2.15. The summed E-state index contributed by atoms with van der Waals surface area (Å²) in [6.07, 6.45) is -2.08. The van der Waals surface area contributed by atoms with E-state index in [-0.39, 0.29) is 5.56 Å².